The van der Waals surface area contributed by atoms with E-state index in [2.05, 4.69) is 61.8 Å². The van der Waals surface area contributed by atoms with Crippen LogP contribution >= 0.6 is 15.9 Å². The summed E-state index contributed by atoms with van der Waals surface area (Å²) in [6.45, 7) is 8.40. The summed E-state index contributed by atoms with van der Waals surface area (Å²) in [7, 11) is -0.252. The Morgan fingerprint density at radius 3 is 2.21 bits per heavy atom. The fraction of sp³-hybridized carbons (Fsp3) is 0.600. The zero-order chi connectivity index (χ0) is 13.8. The van der Waals surface area contributed by atoms with Crippen molar-refractivity contribution in [2.75, 3.05) is 0 Å². The van der Waals surface area contributed by atoms with Crippen LogP contribution in [-0.4, -0.2) is 18.3 Å². The second kappa shape index (κ2) is 4.34. The van der Waals surface area contributed by atoms with E-state index in [0.29, 0.717) is 5.92 Å². The molecule has 4 heteroatoms. The third kappa shape index (κ3) is 2.28. The molecule has 2 aliphatic rings. The molecule has 1 saturated heterocycles. The zero-order valence-corrected chi connectivity index (χ0v) is 13.6. The molecule has 0 atom stereocenters. The first-order valence-corrected chi connectivity index (χ1v) is 7.75. The third-order valence-electron chi connectivity index (χ3n) is 4.58. The average Bonchev–Trinajstić information content (AvgIpc) is 3.07. The standard InChI is InChI=1S/C15H20BBrO2/c1-14(2)15(3,4)19-16(18-14)11-6-5-7-12(17)13(11)10-8-9-10/h5-7,10H,8-9H2,1-4H3. The predicted molar refractivity (Wildman–Crippen MR) is 81.8 cm³/mol. The summed E-state index contributed by atoms with van der Waals surface area (Å²) >= 11 is 3.68. The summed E-state index contributed by atoms with van der Waals surface area (Å²) in [4.78, 5) is 0. The highest BCUT2D eigenvalue weighted by molar-refractivity contribution is 9.10. The van der Waals surface area contributed by atoms with E-state index in [1.165, 1.54) is 28.3 Å². The minimum atomic E-state index is -0.277. The molecule has 0 radical (unpaired) electrons. The van der Waals surface area contributed by atoms with Gasteiger partial charge in [0.15, 0.2) is 0 Å². The zero-order valence-electron chi connectivity index (χ0n) is 12.0. The molecule has 1 aliphatic heterocycles. The van der Waals surface area contributed by atoms with Crippen LogP contribution < -0.4 is 5.46 Å². The van der Waals surface area contributed by atoms with Gasteiger partial charge in [0.1, 0.15) is 0 Å². The Labute approximate surface area is 124 Å². The van der Waals surface area contributed by atoms with Crippen molar-refractivity contribution < 1.29 is 9.31 Å². The highest BCUT2D eigenvalue weighted by Crippen LogP contribution is 2.44. The molecule has 1 aliphatic carbocycles. The van der Waals surface area contributed by atoms with Crippen molar-refractivity contribution >= 4 is 28.5 Å². The fourth-order valence-corrected chi connectivity index (χ4v) is 3.24. The maximum atomic E-state index is 6.18. The topological polar surface area (TPSA) is 18.5 Å². The molecular weight excluding hydrogens is 303 g/mol. The number of halogens is 1. The van der Waals surface area contributed by atoms with Gasteiger partial charge in [0.25, 0.3) is 0 Å². The maximum absolute atomic E-state index is 6.18. The van der Waals surface area contributed by atoms with E-state index in [9.17, 15) is 0 Å². The van der Waals surface area contributed by atoms with Crippen LogP contribution in [0.15, 0.2) is 22.7 Å². The highest BCUT2D eigenvalue weighted by Gasteiger charge is 2.52. The first-order chi connectivity index (χ1) is 8.82. The van der Waals surface area contributed by atoms with Crippen LogP contribution in [0.5, 0.6) is 0 Å². The summed E-state index contributed by atoms with van der Waals surface area (Å²) in [5.74, 6) is 0.671. The monoisotopic (exact) mass is 322 g/mol. The molecule has 19 heavy (non-hydrogen) atoms. The molecule has 2 fully saturated rings. The molecule has 0 N–H and O–H groups in total. The van der Waals surface area contributed by atoms with Crippen molar-refractivity contribution in [3.63, 3.8) is 0 Å². The van der Waals surface area contributed by atoms with Crippen LogP contribution in [0.25, 0.3) is 0 Å². The molecule has 0 aromatic heterocycles. The molecule has 1 heterocycles. The maximum Gasteiger partial charge on any atom is 0.495 e. The second-order valence-electron chi connectivity index (χ2n) is 6.61. The van der Waals surface area contributed by atoms with Crippen molar-refractivity contribution in [3.8, 4) is 0 Å². The normalized spacial score (nSPS) is 24.8. The van der Waals surface area contributed by atoms with Crippen LogP contribution in [0, 0.1) is 0 Å². The van der Waals surface area contributed by atoms with Crippen LogP contribution in [0.1, 0.15) is 52.0 Å². The summed E-state index contributed by atoms with van der Waals surface area (Å²) in [6.07, 6.45) is 2.55. The van der Waals surface area contributed by atoms with Gasteiger partial charge in [-0.1, -0.05) is 28.1 Å². The number of rotatable bonds is 2. The molecule has 1 saturated carbocycles. The van der Waals surface area contributed by atoms with Gasteiger partial charge < -0.3 is 9.31 Å². The molecule has 0 bridgehead atoms. The van der Waals surface area contributed by atoms with Gasteiger partial charge in [-0.3, -0.25) is 0 Å². The smallest absolute Gasteiger partial charge is 0.399 e. The Kier molecular flexibility index (Phi) is 3.12. The van der Waals surface area contributed by atoms with E-state index < -0.39 is 0 Å². The predicted octanol–water partition coefficient (Wildman–Crippen LogP) is 3.63. The minimum Gasteiger partial charge on any atom is -0.399 e. The third-order valence-corrected chi connectivity index (χ3v) is 5.27. The van der Waals surface area contributed by atoms with Gasteiger partial charge in [-0.05, 0) is 63.5 Å². The van der Waals surface area contributed by atoms with Crippen LogP contribution in [0.4, 0.5) is 0 Å². The minimum absolute atomic E-state index is 0.252. The van der Waals surface area contributed by atoms with Gasteiger partial charge in [0.2, 0.25) is 0 Å². The largest absolute Gasteiger partial charge is 0.495 e. The summed E-state index contributed by atoms with van der Waals surface area (Å²) < 4.78 is 13.5. The summed E-state index contributed by atoms with van der Waals surface area (Å²) in [6, 6.07) is 6.32. The van der Waals surface area contributed by atoms with Crippen LogP contribution in [0.3, 0.4) is 0 Å². The van der Waals surface area contributed by atoms with Gasteiger partial charge in [-0.25, -0.2) is 0 Å². The molecule has 2 nitrogen and oxygen atoms in total. The Morgan fingerprint density at radius 2 is 1.68 bits per heavy atom. The van der Waals surface area contributed by atoms with E-state index in [0.717, 1.165) is 0 Å². The van der Waals surface area contributed by atoms with Crippen molar-refractivity contribution in [2.24, 2.45) is 0 Å². The van der Waals surface area contributed by atoms with E-state index in [1.807, 2.05) is 0 Å². The lowest BCUT2D eigenvalue weighted by Gasteiger charge is -2.32. The van der Waals surface area contributed by atoms with E-state index in [1.54, 1.807) is 0 Å². The van der Waals surface area contributed by atoms with Gasteiger partial charge in [-0.2, -0.15) is 0 Å². The SMILES string of the molecule is CC1(C)OB(c2cccc(Br)c2C2CC2)OC1(C)C. The van der Waals surface area contributed by atoms with E-state index in [4.69, 9.17) is 9.31 Å². The molecule has 102 valence electrons. The lowest BCUT2D eigenvalue weighted by atomic mass is 9.75. The fourth-order valence-electron chi connectivity index (χ4n) is 2.53. The van der Waals surface area contributed by atoms with Crippen molar-refractivity contribution in [2.45, 2.75) is 57.7 Å². The molecule has 0 spiro atoms. The number of hydrogen-bond acceptors (Lipinski definition) is 2. The molecule has 1 aromatic carbocycles. The van der Waals surface area contributed by atoms with Gasteiger partial charge in [0, 0.05) is 4.47 Å². The van der Waals surface area contributed by atoms with Gasteiger partial charge in [-0.15, -0.1) is 0 Å². The lowest BCUT2D eigenvalue weighted by Crippen LogP contribution is -2.41. The molecule has 1 aromatic rings. The number of hydrogen-bond donors (Lipinski definition) is 0. The molecule has 0 amide bonds. The first-order valence-electron chi connectivity index (χ1n) is 6.96. The van der Waals surface area contributed by atoms with Crippen molar-refractivity contribution in [1.29, 1.82) is 0 Å². The Bertz CT molecular complexity index is 493. The van der Waals surface area contributed by atoms with Gasteiger partial charge >= 0.3 is 7.12 Å². The lowest BCUT2D eigenvalue weighted by molar-refractivity contribution is 0.00578. The molecular formula is C15H20BBrO2. The van der Waals surface area contributed by atoms with Crippen LogP contribution in [0.2, 0.25) is 0 Å². The van der Waals surface area contributed by atoms with Crippen molar-refractivity contribution in [3.05, 3.63) is 28.2 Å². The van der Waals surface area contributed by atoms with Crippen LogP contribution in [-0.2, 0) is 9.31 Å². The van der Waals surface area contributed by atoms with E-state index in [-0.39, 0.29) is 18.3 Å². The summed E-state index contributed by atoms with van der Waals surface area (Å²) in [5, 5.41) is 0. The van der Waals surface area contributed by atoms with Crippen molar-refractivity contribution in [1.82, 2.24) is 0 Å². The Balaban J connectivity index is 1.98. The molecule has 0 unspecified atom stereocenters. The van der Waals surface area contributed by atoms with E-state index >= 15 is 0 Å². The Hall–Kier alpha value is -0.315. The number of benzene rings is 1. The highest BCUT2D eigenvalue weighted by atomic mass is 79.9. The van der Waals surface area contributed by atoms with Gasteiger partial charge in [0.05, 0.1) is 11.2 Å². The molecule has 3 rings (SSSR count). The average molecular weight is 323 g/mol. The Morgan fingerprint density at radius 1 is 1.11 bits per heavy atom. The quantitative estimate of drug-likeness (QED) is 0.774. The first kappa shape index (κ1) is 13.7. The second-order valence-corrected chi connectivity index (χ2v) is 7.46. The summed E-state index contributed by atoms with van der Waals surface area (Å²) in [5.41, 5.74) is 2.01.